The van der Waals surface area contributed by atoms with Crippen LogP contribution in [0.2, 0.25) is 0 Å². The predicted octanol–water partition coefficient (Wildman–Crippen LogP) is -0.225. The van der Waals surface area contributed by atoms with E-state index in [1.807, 2.05) is 45.0 Å². The molecule has 0 heterocycles. The van der Waals surface area contributed by atoms with Crippen LogP contribution in [0.15, 0.2) is 24.3 Å². The molecule has 0 aliphatic carbocycles. The van der Waals surface area contributed by atoms with E-state index in [1.54, 1.807) is 19.0 Å². The van der Waals surface area contributed by atoms with Gasteiger partial charge in [0.05, 0.1) is 13.6 Å². The molecule has 0 saturated carbocycles. The van der Waals surface area contributed by atoms with Crippen LogP contribution in [0.3, 0.4) is 0 Å². The zero-order chi connectivity index (χ0) is 19.7. The van der Waals surface area contributed by atoms with Crippen LogP contribution in [0.5, 0.6) is 0 Å². The van der Waals surface area contributed by atoms with E-state index in [0.29, 0.717) is 18.8 Å². The van der Waals surface area contributed by atoms with Gasteiger partial charge in [0.2, 0.25) is 5.91 Å². The summed E-state index contributed by atoms with van der Waals surface area (Å²) < 4.78 is 0. The first-order chi connectivity index (χ1) is 12.3. The van der Waals surface area contributed by atoms with E-state index in [4.69, 9.17) is 0 Å². The molecule has 1 unspecified atom stereocenters. The number of carbonyl (C=O) groups is 3. The fourth-order valence-electron chi connectivity index (χ4n) is 2.54. The smallest absolute Gasteiger partial charge is 0.277 e. The second-order valence-electron chi connectivity index (χ2n) is 6.54. The van der Waals surface area contributed by atoms with Crippen molar-refractivity contribution in [3.63, 3.8) is 0 Å². The monoisotopic (exact) mass is 363 g/mol. The Kier molecular flexibility index (Phi) is 8.78. The van der Waals surface area contributed by atoms with Crippen LogP contribution in [-0.2, 0) is 14.4 Å². The Bertz CT molecular complexity index is 612. The number of carbonyl (C=O) groups excluding carboxylic acids is 3. The molecule has 7 heteroatoms. The van der Waals surface area contributed by atoms with Crippen LogP contribution in [0.1, 0.15) is 19.4 Å². The lowest BCUT2D eigenvalue weighted by Crippen LogP contribution is -3.11. The van der Waals surface area contributed by atoms with Crippen molar-refractivity contribution in [2.24, 2.45) is 0 Å². The minimum Gasteiger partial charge on any atom is -0.338 e. The van der Waals surface area contributed by atoms with Gasteiger partial charge in [-0.05, 0) is 32.9 Å². The Morgan fingerprint density at radius 1 is 1.00 bits per heavy atom. The van der Waals surface area contributed by atoms with Crippen LogP contribution in [-0.4, -0.2) is 74.3 Å². The van der Waals surface area contributed by atoms with Gasteiger partial charge in [0.15, 0.2) is 13.1 Å². The molecule has 1 aromatic rings. The predicted molar refractivity (Wildman–Crippen MR) is 102 cm³/mol. The summed E-state index contributed by atoms with van der Waals surface area (Å²) in [7, 11) is 3.40. The van der Waals surface area contributed by atoms with E-state index in [0.717, 1.165) is 10.5 Å². The lowest BCUT2D eigenvalue weighted by Gasteiger charge is -2.22. The van der Waals surface area contributed by atoms with Gasteiger partial charge in [0.1, 0.15) is 0 Å². The molecule has 26 heavy (non-hydrogen) atoms. The maximum Gasteiger partial charge on any atom is 0.277 e. The third-order valence-electron chi connectivity index (χ3n) is 4.16. The van der Waals surface area contributed by atoms with Crippen molar-refractivity contribution in [3.05, 3.63) is 29.8 Å². The van der Waals surface area contributed by atoms with E-state index in [2.05, 4.69) is 5.32 Å². The first-order valence-corrected chi connectivity index (χ1v) is 8.96. The summed E-state index contributed by atoms with van der Waals surface area (Å²) in [4.78, 5) is 40.4. The number of rotatable bonds is 9. The fourth-order valence-corrected chi connectivity index (χ4v) is 2.54. The van der Waals surface area contributed by atoms with Gasteiger partial charge in [-0.2, -0.15) is 0 Å². The highest BCUT2D eigenvalue weighted by Crippen LogP contribution is 2.08. The average molecular weight is 363 g/mol. The number of hydrogen-bond donors (Lipinski definition) is 2. The minimum absolute atomic E-state index is 0.0238. The van der Waals surface area contributed by atoms with Gasteiger partial charge in [-0.3, -0.25) is 14.4 Å². The number of likely N-dealkylation sites (N-methyl/N-ethyl adjacent to an activating group) is 3. The summed E-state index contributed by atoms with van der Waals surface area (Å²) in [6, 6.07) is 7.48. The summed E-state index contributed by atoms with van der Waals surface area (Å²) in [6.45, 7) is 7.57. The highest BCUT2D eigenvalue weighted by Gasteiger charge is 2.20. The van der Waals surface area contributed by atoms with Gasteiger partial charge < -0.3 is 20.0 Å². The molecule has 0 saturated heterocycles. The minimum atomic E-state index is -0.249. The molecule has 3 amide bonds. The molecule has 0 aliphatic heterocycles. The number of benzene rings is 1. The van der Waals surface area contributed by atoms with Crippen molar-refractivity contribution in [1.29, 1.82) is 0 Å². The molecule has 0 aromatic heterocycles. The van der Waals surface area contributed by atoms with Gasteiger partial charge in [-0.25, -0.2) is 0 Å². The van der Waals surface area contributed by atoms with Crippen LogP contribution in [0.4, 0.5) is 5.69 Å². The molecule has 1 aromatic carbocycles. The Balaban J connectivity index is 2.44. The number of amides is 3. The van der Waals surface area contributed by atoms with Gasteiger partial charge in [-0.15, -0.1) is 0 Å². The van der Waals surface area contributed by atoms with E-state index in [9.17, 15) is 14.4 Å². The number of hydrogen-bond acceptors (Lipinski definition) is 3. The van der Waals surface area contributed by atoms with E-state index < -0.39 is 0 Å². The van der Waals surface area contributed by atoms with Gasteiger partial charge in [-0.1, -0.05) is 17.7 Å². The molecule has 2 N–H and O–H groups in total. The number of aryl methyl sites for hydroxylation is 1. The number of quaternary nitrogens is 1. The first-order valence-electron chi connectivity index (χ1n) is 8.96. The molecular weight excluding hydrogens is 332 g/mol. The van der Waals surface area contributed by atoms with Gasteiger partial charge >= 0.3 is 0 Å². The molecule has 1 rings (SSSR count). The van der Waals surface area contributed by atoms with Gasteiger partial charge in [0, 0.05) is 25.8 Å². The Labute approximate surface area is 155 Å². The summed E-state index contributed by atoms with van der Waals surface area (Å²) in [5, 5.41) is 2.77. The van der Waals surface area contributed by atoms with Gasteiger partial charge in [0.25, 0.3) is 11.8 Å². The van der Waals surface area contributed by atoms with E-state index >= 15 is 0 Å². The van der Waals surface area contributed by atoms with E-state index in [-0.39, 0.29) is 37.4 Å². The molecule has 1 atom stereocenters. The normalized spacial score (nSPS) is 11.6. The molecule has 0 bridgehead atoms. The average Bonchev–Trinajstić information content (AvgIpc) is 2.57. The molecule has 0 aliphatic rings. The van der Waals surface area contributed by atoms with Crippen molar-refractivity contribution < 1.29 is 19.3 Å². The van der Waals surface area contributed by atoms with Crippen molar-refractivity contribution in [3.8, 4) is 0 Å². The highest BCUT2D eigenvalue weighted by atomic mass is 16.2. The third-order valence-corrected chi connectivity index (χ3v) is 4.16. The number of nitrogens with zero attached hydrogens (tertiary/aromatic N) is 2. The summed E-state index contributed by atoms with van der Waals surface area (Å²) in [6.07, 6.45) is 0. The van der Waals surface area contributed by atoms with Crippen LogP contribution in [0.25, 0.3) is 0 Å². The third kappa shape index (κ3) is 7.23. The van der Waals surface area contributed by atoms with Crippen molar-refractivity contribution in [2.45, 2.75) is 20.8 Å². The largest absolute Gasteiger partial charge is 0.338 e. The van der Waals surface area contributed by atoms with Crippen molar-refractivity contribution in [2.75, 3.05) is 52.1 Å². The highest BCUT2D eigenvalue weighted by molar-refractivity contribution is 5.94. The van der Waals surface area contributed by atoms with E-state index in [1.165, 1.54) is 4.90 Å². The molecule has 0 spiro atoms. The quantitative estimate of drug-likeness (QED) is 0.637. The maximum atomic E-state index is 12.3. The lowest BCUT2D eigenvalue weighted by molar-refractivity contribution is -0.863. The molecule has 0 radical (unpaired) electrons. The van der Waals surface area contributed by atoms with Crippen molar-refractivity contribution in [1.82, 2.24) is 9.80 Å². The zero-order valence-corrected chi connectivity index (χ0v) is 16.5. The summed E-state index contributed by atoms with van der Waals surface area (Å²) in [5.41, 5.74) is 1.81. The van der Waals surface area contributed by atoms with Crippen LogP contribution >= 0.6 is 0 Å². The standard InChI is InChI=1S/C19H30N4O3/c1-6-23(7-2)19(26)14-21(4)13-18(25)22(5)12-17(24)20-16-10-8-15(3)9-11-16/h8-11H,6-7,12-14H2,1-5H3,(H,20,24)/p+1. The second-order valence-corrected chi connectivity index (χ2v) is 6.54. The van der Waals surface area contributed by atoms with Crippen LogP contribution in [0, 0.1) is 6.92 Å². The molecule has 144 valence electrons. The molecule has 0 fully saturated rings. The zero-order valence-electron chi connectivity index (χ0n) is 16.5. The van der Waals surface area contributed by atoms with Crippen molar-refractivity contribution >= 4 is 23.4 Å². The SMILES string of the molecule is CCN(CC)C(=O)C[NH+](C)CC(=O)N(C)CC(=O)Nc1ccc(C)cc1. The summed E-state index contributed by atoms with van der Waals surface area (Å²) >= 11 is 0. The Morgan fingerprint density at radius 3 is 2.08 bits per heavy atom. The topological polar surface area (TPSA) is 74.2 Å². The molecule has 7 nitrogen and oxygen atoms in total. The number of anilines is 1. The number of nitrogens with one attached hydrogen (secondary N) is 2. The van der Waals surface area contributed by atoms with Crippen LogP contribution < -0.4 is 10.2 Å². The Hall–Kier alpha value is -2.41. The Morgan fingerprint density at radius 2 is 1.54 bits per heavy atom. The second kappa shape index (κ2) is 10.6. The maximum absolute atomic E-state index is 12.3. The fraction of sp³-hybridized carbons (Fsp3) is 0.526. The summed E-state index contributed by atoms with van der Waals surface area (Å²) in [5.74, 6) is -0.393. The first kappa shape index (κ1) is 21.6. The lowest BCUT2D eigenvalue weighted by atomic mass is 10.2. The molecular formula is C19H31N4O3+.